The second kappa shape index (κ2) is 10.1. The summed E-state index contributed by atoms with van der Waals surface area (Å²) in [7, 11) is 0. The van der Waals surface area contributed by atoms with Crippen LogP contribution in [0, 0.1) is 0 Å². The third kappa shape index (κ3) is 3.92. The molecule has 0 N–H and O–H groups in total. The second-order valence-electron chi connectivity index (χ2n) is 12.7. The summed E-state index contributed by atoms with van der Waals surface area (Å²) in [6.45, 7) is 0. The number of hydrogen-bond acceptors (Lipinski definition) is 3. The van der Waals surface area contributed by atoms with Crippen molar-refractivity contribution in [2.45, 2.75) is 0 Å². The number of benzene rings is 8. The Kier molecular flexibility index (Phi) is 5.54. The molecule has 0 saturated carbocycles. The molecule has 3 aromatic heterocycles. The van der Waals surface area contributed by atoms with E-state index in [1.54, 1.807) is 0 Å². The fourth-order valence-corrected chi connectivity index (χ4v) is 9.01. The molecule has 228 valence electrons. The van der Waals surface area contributed by atoms with Gasteiger partial charge in [-0.25, -0.2) is 4.98 Å². The molecule has 0 fully saturated rings. The van der Waals surface area contributed by atoms with Crippen molar-refractivity contribution in [2.75, 3.05) is 0 Å². The molecule has 0 unspecified atom stereocenters. The molecule has 0 radical (unpaired) electrons. The van der Waals surface area contributed by atoms with Gasteiger partial charge >= 0.3 is 0 Å². The van der Waals surface area contributed by atoms with Crippen molar-refractivity contribution in [3.8, 4) is 28.3 Å². The van der Waals surface area contributed by atoms with Gasteiger partial charge in [0.15, 0.2) is 5.58 Å². The number of hydrogen-bond donors (Lipinski definition) is 0. The Morgan fingerprint density at radius 3 is 2.16 bits per heavy atom. The lowest BCUT2D eigenvalue weighted by molar-refractivity contribution is 0.620. The summed E-state index contributed by atoms with van der Waals surface area (Å²) < 4.78 is 11.3. The molecule has 11 rings (SSSR count). The molecule has 0 saturated heterocycles. The Balaban J connectivity index is 1.13. The Hall–Kier alpha value is -6.23. The van der Waals surface area contributed by atoms with Crippen molar-refractivity contribution in [1.82, 2.24) is 9.55 Å². The van der Waals surface area contributed by atoms with Gasteiger partial charge in [0.2, 0.25) is 5.89 Å². The number of thiophene rings is 1. The third-order valence-electron chi connectivity index (χ3n) is 10.0. The summed E-state index contributed by atoms with van der Waals surface area (Å²) in [6, 6.07) is 56.6. The van der Waals surface area contributed by atoms with Crippen LogP contribution in [-0.2, 0) is 0 Å². The van der Waals surface area contributed by atoms with Gasteiger partial charge in [-0.05, 0) is 70.4 Å². The lowest BCUT2D eigenvalue weighted by Crippen LogP contribution is -1.94. The summed E-state index contributed by atoms with van der Waals surface area (Å²) in [4.78, 5) is 4.78. The summed E-state index contributed by atoms with van der Waals surface area (Å²) in [5, 5.41) is 10.1. The quantitative estimate of drug-likeness (QED) is 0.192. The van der Waals surface area contributed by atoms with E-state index in [-0.39, 0.29) is 0 Å². The molecule has 8 aromatic carbocycles. The molecule has 0 aliphatic heterocycles. The summed E-state index contributed by atoms with van der Waals surface area (Å²) in [5.74, 6) is 0.643. The molecule has 0 spiro atoms. The predicted molar refractivity (Wildman–Crippen MR) is 207 cm³/mol. The van der Waals surface area contributed by atoms with Crippen molar-refractivity contribution < 1.29 is 4.42 Å². The smallest absolute Gasteiger partial charge is 0.227 e. The molecule has 0 atom stereocenters. The highest BCUT2D eigenvalue weighted by molar-refractivity contribution is 7.26. The monoisotopic (exact) mass is 642 g/mol. The van der Waals surface area contributed by atoms with E-state index in [1.807, 2.05) is 41.7 Å². The van der Waals surface area contributed by atoms with Crippen molar-refractivity contribution in [1.29, 1.82) is 0 Å². The van der Waals surface area contributed by atoms with E-state index >= 15 is 0 Å². The molecule has 0 aliphatic rings. The standard InChI is InChI=1S/C45H26N2OS/c1-2-11-28(12-3-1)45-46-39-23-19-29(24-41(39)48-45)37-26-38-34-22-20-30(25-42(34)49-44(38)36-16-7-6-14-32(36)37)47-40-17-9-8-15-33(40)35-21-18-27-10-4-5-13-31(27)43(35)47/h1-26H. The van der Waals surface area contributed by atoms with Gasteiger partial charge in [0.25, 0.3) is 0 Å². The fraction of sp³-hybridized carbons (Fsp3) is 0. The number of fused-ring (bicyclic) bond motifs is 11. The first-order chi connectivity index (χ1) is 24.3. The Labute approximate surface area is 284 Å². The number of rotatable bonds is 3. The van der Waals surface area contributed by atoms with Crippen molar-refractivity contribution in [2.24, 2.45) is 0 Å². The van der Waals surface area contributed by atoms with Crippen LogP contribution >= 0.6 is 11.3 Å². The minimum absolute atomic E-state index is 0.643. The van der Waals surface area contributed by atoms with E-state index in [0.717, 1.165) is 22.2 Å². The summed E-state index contributed by atoms with van der Waals surface area (Å²) >= 11 is 1.88. The lowest BCUT2D eigenvalue weighted by Gasteiger charge is -2.10. The van der Waals surface area contributed by atoms with Gasteiger partial charge in [-0.1, -0.05) is 109 Å². The van der Waals surface area contributed by atoms with Gasteiger partial charge in [0.05, 0.1) is 11.0 Å². The van der Waals surface area contributed by atoms with Crippen LogP contribution in [0.1, 0.15) is 0 Å². The molecule has 0 bridgehead atoms. The molecule has 11 aromatic rings. The van der Waals surface area contributed by atoms with Gasteiger partial charge in [0, 0.05) is 53.0 Å². The molecule has 3 nitrogen and oxygen atoms in total. The van der Waals surface area contributed by atoms with Crippen LogP contribution in [0.4, 0.5) is 0 Å². The van der Waals surface area contributed by atoms with E-state index in [2.05, 4.69) is 132 Å². The average molecular weight is 643 g/mol. The van der Waals surface area contributed by atoms with E-state index in [9.17, 15) is 0 Å². The van der Waals surface area contributed by atoms with Gasteiger partial charge in [-0.2, -0.15) is 0 Å². The molecular formula is C45H26N2OS. The molecule has 3 heterocycles. The van der Waals surface area contributed by atoms with Gasteiger partial charge in [0.1, 0.15) is 5.52 Å². The maximum atomic E-state index is 6.30. The van der Waals surface area contributed by atoms with Gasteiger partial charge in [-0.3, -0.25) is 0 Å². The van der Waals surface area contributed by atoms with E-state index in [4.69, 9.17) is 9.40 Å². The van der Waals surface area contributed by atoms with Crippen molar-refractivity contribution >= 4 is 86.0 Å². The zero-order chi connectivity index (χ0) is 32.1. The van der Waals surface area contributed by atoms with Crippen LogP contribution in [0.15, 0.2) is 162 Å². The zero-order valence-corrected chi connectivity index (χ0v) is 27.0. The predicted octanol–water partition coefficient (Wildman–Crippen LogP) is 12.9. The number of oxazole rings is 1. The first kappa shape index (κ1) is 26.8. The molecule has 4 heteroatoms. The molecule has 0 amide bonds. The Bertz CT molecular complexity index is 3110. The largest absolute Gasteiger partial charge is 0.436 e. The minimum atomic E-state index is 0.643. The fourth-order valence-electron chi connectivity index (χ4n) is 7.76. The number of nitrogens with zero attached hydrogens (tertiary/aromatic N) is 2. The van der Waals surface area contributed by atoms with Crippen LogP contribution in [0.2, 0.25) is 0 Å². The summed E-state index contributed by atoms with van der Waals surface area (Å²) in [6.07, 6.45) is 0. The molecule has 0 aliphatic carbocycles. The van der Waals surface area contributed by atoms with Crippen LogP contribution in [0.25, 0.3) is 103 Å². The Morgan fingerprint density at radius 1 is 0.510 bits per heavy atom. The average Bonchev–Trinajstić information content (AvgIpc) is 3.86. The molecular weight excluding hydrogens is 617 g/mol. The maximum absolute atomic E-state index is 6.30. The second-order valence-corrected chi connectivity index (χ2v) is 13.8. The van der Waals surface area contributed by atoms with Crippen molar-refractivity contribution in [3.05, 3.63) is 158 Å². The third-order valence-corrected chi connectivity index (χ3v) is 11.2. The van der Waals surface area contributed by atoms with E-state index < -0.39 is 0 Å². The van der Waals surface area contributed by atoms with Crippen LogP contribution in [-0.4, -0.2) is 9.55 Å². The number of para-hydroxylation sites is 1. The van der Waals surface area contributed by atoms with Gasteiger partial charge < -0.3 is 8.98 Å². The highest BCUT2D eigenvalue weighted by Gasteiger charge is 2.18. The van der Waals surface area contributed by atoms with Crippen molar-refractivity contribution in [3.63, 3.8) is 0 Å². The van der Waals surface area contributed by atoms with Gasteiger partial charge in [-0.15, -0.1) is 11.3 Å². The highest BCUT2D eigenvalue weighted by atomic mass is 32.1. The maximum Gasteiger partial charge on any atom is 0.227 e. The number of aromatic nitrogens is 2. The van der Waals surface area contributed by atoms with Crippen LogP contribution < -0.4 is 0 Å². The summed E-state index contributed by atoms with van der Waals surface area (Å²) in [5.41, 5.74) is 8.60. The van der Waals surface area contributed by atoms with E-state index in [1.165, 1.54) is 74.8 Å². The first-order valence-corrected chi connectivity index (χ1v) is 17.4. The highest BCUT2D eigenvalue weighted by Crippen LogP contribution is 2.45. The minimum Gasteiger partial charge on any atom is -0.436 e. The van der Waals surface area contributed by atoms with Crippen LogP contribution in [0.5, 0.6) is 0 Å². The SMILES string of the molecule is c1ccc(-c2nc3ccc(-c4cc5c6ccc(-n7c8ccccc8c8ccc9ccccc9c87)cc6sc5c5ccccc45)cc3o2)cc1. The van der Waals surface area contributed by atoms with Crippen LogP contribution in [0.3, 0.4) is 0 Å². The van der Waals surface area contributed by atoms with E-state index in [0.29, 0.717) is 5.89 Å². The zero-order valence-electron chi connectivity index (χ0n) is 26.2. The molecule has 49 heavy (non-hydrogen) atoms. The lowest BCUT2D eigenvalue weighted by atomic mass is 9.95. The normalized spacial score (nSPS) is 12.1. The topological polar surface area (TPSA) is 31.0 Å². The Morgan fingerprint density at radius 2 is 1.27 bits per heavy atom. The first-order valence-electron chi connectivity index (χ1n) is 16.5.